The third kappa shape index (κ3) is 3.07. The summed E-state index contributed by atoms with van der Waals surface area (Å²) in [5.74, 6) is 1.14. The minimum Gasteiger partial charge on any atom is -0.454 e. The normalized spacial score (nSPS) is 18.6. The van der Waals surface area contributed by atoms with E-state index in [1.54, 1.807) is 4.90 Å². The van der Waals surface area contributed by atoms with Crippen molar-refractivity contribution < 1.29 is 19.1 Å². The average Bonchev–Trinajstić information content (AvgIpc) is 3.37. The van der Waals surface area contributed by atoms with Gasteiger partial charge in [-0.05, 0) is 47.9 Å². The monoisotopic (exact) mass is 405 g/mol. The molecule has 0 unspecified atom stereocenters. The van der Waals surface area contributed by atoms with Gasteiger partial charge in [-0.25, -0.2) is 0 Å². The van der Waals surface area contributed by atoms with Gasteiger partial charge in [-0.3, -0.25) is 9.59 Å². The first-order valence-corrected chi connectivity index (χ1v) is 10.1. The van der Waals surface area contributed by atoms with Crippen molar-refractivity contribution in [3.05, 3.63) is 54.2 Å². The highest BCUT2D eigenvalue weighted by molar-refractivity contribution is 6.00. The van der Waals surface area contributed by atoms with Crippen LogP contribution in [-0.4, -0.2) is 34.5 Å². The minimum absolute atomic E-state index is 0.0207. The van der Waals surface area contributed by atoms with Crippen molar-refractivity contribution in [3.63, 3.8) is 0 Å². The lowest BCUT2D eigenvalue weighted by molar-refractivity contribution is -0.156. The molecule has 0 spiro atoms. The van der Waals surface area contributed by atoms with Crippen molar-refractivity contribution in [1.82, 2.24) is 9.88 Å². The molecule has 7 heteroatoms. The van der Waals surface area contributed by atoms with E-state index in [9.17, 15) is 9.59 Å². The number of rotatable bonds is 5. The lowest BCUT2D eigenvalue weighted by Crippen LogP contribution is -2.58. The standard InChI is InChI=1S/C23H23N3O4/c1-13(2)22(23(28)25-16-4-5-17-14(9-16)7-8-24-17)26-18(11-21(26)27)15-3-6-19-20(10-15)30-12-29-19/h3-10,13,18,22,24H,11-12H2,1-2H3,(H,25,28)/t18-,22-/m1/s1. The van der Waals surface area contributed by atoms with Crippen LogP contribution in [0.1, 0.15) is 31.9 Å². The highest BCUT2D eigenvalue weighted by Gasteiger charge is 2.45. The van der Waals surface area contributed by atoms with Crippen molar-refractivity contribution in [2.24, 2.45) is 5.92 Å². The van der Waals surface area contributed by atoms with Gasteiger partial charge in [-0.1, -0.05) is 19.9 Å². The second kappa shape index (κ2) is 7.09. The maximum atomic E-state index is 13.2. The van der Waals surface area contributed by atoms with Crippen LogP contribution in [-0.2, 0) is 9.59 Å². The SMILES string of the molecule is CC(C)[C@H](C(=O)Nc1ccc2[nH]ccc2c1)N1C(=O)C[C@@H]1c1ccc2c(c1)OCO2. The van der Waals surface area contributed by atoms with Gasteiger partial charge in [0.05, 0.1) is 12.5 Å². The molecule has 2 aliphatic rings. The van der Waals surface area contributed by atoms with Crippen LogP contribution >= 0.6 is 0 Å². The van der Waals surface area contributed by atoms with Gasteiger partial charge in [0.25, 0.3) is 0 Å². The maximum absolute atomic E-state index is 13.2. The molecule has 2 N–H and O–H groups in total. The summed E-state index contributed by atoms with van der Waals surface area (Å²) in [6.45, 7) is 4.12. The number of amides is 2. The van der Waals surface area contributed by atoms with Gasteiger partial charge in [0, 0.05) is 22.8 Å². The first-order valence-electron chi connectivity index (χ1n) is 10.1. The summed E-state index contributed by atoms with van der Waals surface area (Å²) in [6, 6.07) is 12.7. The Morgan fingerprint density at radius 1 is 1.13 bits per heavy atom. The maximum Gasteiger partial charge on any atom is 0.247 e. The van der Waals surface area contributed by atoms with Crippen molar-refractivity contribution >= 4 is 28.4 Å². The molecule has 0 saturated carbocycles. The number of anilines is 1. The molecule has 0 bridgehead atoms. The Balaban J connectivity index is 1.39. The Morgan fingerprint density at radius 2 is 1.97 bits per heavy atom. The smallest absolute Gasteiger partial charge is 0.247 e. The van der Waals surface area contributed by atoms with E-state index in [2.05, 4.69) is 10.3 Å². The third-order valence-electron chi connectivity index (χ3n) is 5.79. The minimum atomic E-state index is -0.566. The number of fused-ring (bicyclic) bond motifs is 2. The van der Waals surface area contributed by atoms with Gasteiger partial charge >= 0.3 is 0 Å². The third-order valence-corrected chi connectivity index (χ3v) is 5.79. The van der Waals surface area contributed by atoms with Gasteiger partial charge in [-0.2, -0.15) is 0 Å². The second-order valence-corrected chi connectivity index (χ2v) is 8.09. The van der Waals surface area contributed by atoms with Crippen molar-refractivity contribution in [2.45, 2.75) is 32.4 Å². The first-order chi connectivity index (χ1) is 14.5. The number of ether oxygens (including phenoxy) is 2. The summed E-state index contributed by atoms with van der Waals surface area (Å²) in [5, 5.41) is 4.02. The highest BCUT2D eigenvalue weighted by atomic mass is 16.7. The largest absolute Gasteiger partial charge is 0.454 e. The van der Waals surface area contributed by atoms with Crippen LogP contribution in [0.5, 0.6) is 11.5 Å². The fraction of sp³-hybridized carbons (Fsp3) is 0.304. The molecular formula is C23H23N3O4. The number of aromatic nitrogens is 1. The zero-order valence-corrected chi connectivity index (χ0v) is 16.8. The van der Waals surface area contributed by atoms with Crippen LogP contribution in [0.2, 0.25) is 0 Å². The zero-order valence-electron chi connectivity index (χ0n) is 16.8. The van der Waals surface area contributed by atoms with Gasteiger partial charge in [0.2, 0.25) is 18.6 Å². The molecular weight excluding hydrogens is 382 g/mol. The Bertz CT molecular complexity index is 1140. The molecule has 0 radical (unpaired) electrons. The number of hydrogen-bond acceptors (Lipinski definition) is 4. The topological polar surface area (TPSA) is 83.7 Å². The number of carbonyl (C=O) groups is 2. The van der Waals surface area contributed by atoms with Crippen LogP contribution < -0.4 is 14.8 Å². The molecule has 1 aromatic heterocycles. The Labute approximate surface area is 174 Å². The quantitative estimate of drug-likeness (QED) is 0.632. The number of nitrogens with zero attached hydrogens (tertiary/aromatic N) is 1. The lowest BCUT2D eigenvalue weighted by Gasteiger charge is -2.46. The van der Waals surface area contributed by atoms with E-state index < -0.39 is 6.04 Å². The van der Waals surface area contributed by atoms with Gasteiger partial charge < -0.3 is 24.7 Å². The fourth-order valence-corrected chi connectivity index (χ4v) is 4.28. The number of β-lactam (4-membered cyclic amide) rings is 1. The molecule has 5 rings (SSSR count). The van der Waals surface area contributed by atoms with Crippen LogP contribution in [0.4, 0.5) is 5.69 Å². The first kappa shape index (κ1) is 18.5. The molecule has 3 heterocycles. The Kier molecular flexibility index (Phi) is 4.38. The summed E-state index contributed by atoms with van der Waals surface area (Å²) in [6.07, 6.45) is 2.24. The van der Waals surface area contributed by atoms with E-state index in [1.165, 1.54) is 0 Å². The summed E-state index contributed by atoms with van der Waals surface area (Å²) < 4.78 is 10.9. The van der Waals surface area contributed by atoms with Crippen LogP contribution in [0.15, 0.2) is 48.7 Å². The number of benzene rings is 2. The van der Waals surface area contributed by atoms with E-state index in [4.69, 9.17) is 9.47 Å². The van der Waals surface area contributed by atoms with E-state index in [-0.39, 0.29) is 30.6 Å². The predicted molar refractivity (Wildman–Crippen MR) is 112 cm³/mol. The number of nitrogens with one attached hydrogen (secondary N) is 2. The van der Waals surface area contributed by atoms with Crippen LogP contribution in [0.25, 0.3) is 10.9 Å². The molecule has 30 heavy (non-hydrogen) atoms. The van der Waals surface area contributed by atoms with E-state index in [0.29, 0.717) is 23.6 Å². The second-order valence-electron chi connectivity index (χ2n) is 8.09. The summed E-state index contributed by atoms with van der Waals surface area (Å²) in [4.78, 5) is 30.6. The molecule has 2 amide bonds. The molecule has 1 fully saturated rings. The van der Waals surface area contributed by atoms with E-state index in [0.717, 1.165) is 16.5 Å². The summed E-state index contributed by atoms with van der Waals surface area (Å²) in [7, 11) is 0. The predicted octanol–water partition coefficient (Wildman–Crippen LogP) is 3.83. The summed E-state index contributed by atoms with van der Waals surface area (Å²) in [5.41, 5.74) is 2.67. The number of hydrogen-bond donors (Lipinski definition) is 2. The molecule has 2 aliphatic heterocycles. The number of carbonyl (C=O) groups excluding carboxylic acids is 2. The Hall–Kier alpha value is -3.48. The number of aromatic amines is 1. The van der Waals surface area contributed by atoms with E-state index >= 15 is 0 Å². The highest BCUT2D eigenvalue weighted by Crippen LogP contribution is 2.42. The van der Waals surface area contributed by atoms with Gasteiger partial charge in [-0.15, -0.1) is 0 Å². The number of likely N-dealkylation sites (tertiary alicyclic amines) is 1. The molecule has 154 valence electrons. The van der Waals surface area contributed by atoms with E-state index in [1.807, 2.05) is 62.5 Å². The molecule has 7 nitrogen and oxygen atoms in total. The zero-order chi connectivity index (χ0) is 20.8. The van der Waals surface area contributed by atoms with Crippen molar-refractivity contribution in [1.29, 1.82) is 0 Å². The molecule has 3 aromatic rings. The number of H-pyrrole nitrogens is 1. The van der Waals surface area contributed by atoms with Crippen molar-refractivity contribution in [3.8, 4) is 11.5 Å². The average molecular weight is 405 g/mol. The fourth-order valence-electron chi connectivity index (χ4n) is 4.28. The Morgan fingerprint density at radius 3 is 2.77 bits per heavy atom. The molecule has 1 saturated heterocycles. The van der Waals surface area contributed by atoms with Crippen molar-refractivity contribution in [2.75, 3.05) is 12.1 Å². The van der Waals surface area contributed by atoms with Crippen LogP contribution in [0.3, 0.4) is 0 Å². The van der Waals surface area contributed by atoms with Gasteiger partial charge in [0.15, 0.2) is 11.5 Å². The van der Waals surface area contributed by atoms with Gasteiger partial charge in [0.1, 0.15) is 6.04 Å². The molecule has 0 aliphatic carbocycles. The molecule has 2 atom stereocenters. The summed E-state index contributed by atoms with van der Waals surface area (Å²) >= 11 is 0. The van der Waals surface area contributed by atoms with Crippen LogP contribution in [0, 0.1) is 5.92 Å². The lowest BCUT2D eigenvalue weighted by atomic mass is 9.87. The molecule has 2 aromatic carbocycles.